The number of hydrogen-bond donors (Lipinski definition) is 1. The van der Waals surface area contributed by atoms with Crippen molar-refractivity contribution in [2.75, 3.05) is 5.32 Å². The second-order valence-corrected chi connectivity index (χ2v) is 7.60. The van der Waals surface area contributed by atoms with Gasteiger partial charge in [0.15, 0.2) is 0 Å². The zero-order chi connectivity index (χ0) is 19.2. The normalized spacial score (nSPS) is 17.4. The van der Waals surface area contributed by atoms with E-state index in [0.29, 0.717) is 0 Å². The van der Waals surface area contributed by atoms with Crippen LogP contribution in [0, 0.1) is 0 Å². The number of aromatic nitrogens is 1. The van der Waals surface area contributed by atoms with Gasteiger partial charge in [-0.3, -0.25) is 0 Å². The van der Waals surface area contributed by atoms with Gasteiger partial charge < -0.3 is 9.88 Å². The minimum absolute atomic E-state index is 0.166. The van der Waals surface area contributed by atoms with Gasteiger partial charge in [0.2, 0.25) is 6.29 Å². The molecule has 0 amide bonds. The molecule has 0 spiro atoms. The molecule has 6 rings (SSSR count). The molecule has 1 unspecified atom stereocenters. The fraction of sp³-hybridized carbons (Fsp3) is 0.115. The topological polar surface area (TPSA) is 29.3 Å². The van der Waals surface area contributed by atoms with E-state index in [1.54, 1.807) is 0 Å². The third-order valence-electron chi connectivity index (χ3n) is 5.90. The van der Waals surface area contributed by atoms with Gasteiger partial charge in [-0.1, -0.05) is 78.9 Å². The lowest BCUT2D eigenvalue weighted by Crippen LogP contribution is -2.26. The van der Waals surface area contributed by atoms with Crippen LogP contribution in [0.15, 0.2) is 89.9 Å². The second kappa shape index (κ2) is 6.49. The van der Waals surface area contributed by atoms with Crippen molar-refractivity contribution in [2.45, 2.75) is 19.1 Å². The van der Waals surface area contributed by atoms with Crippen LogP contribution in [0.1, 0.15) is 35.1 Å². The smallest absolute Gasteiger partial charge is 0.201 e. The lowest BCUT2D eigenvalue weighted by molar-refractivity contribution is 0.579. The predicted molar refractivity (Wildman–Crippen MR) is 120 cm³/mol. The van der Waals surface area contributed by atoms with Gasteiger partial charge in [-0.25, -0.2) is 4.99 Å². The summed E-state index contributed by atoms with van der Waals surface area (Å²) >= 11 is 0. The van der Waals surface area contributed by atoms with Crippen molar-refractivity contribution >= 4 is 28.4 Å². The molecule has 29 heavy (non-hydrogen) atoms. The highest BCUT2D eigenvalue weighted by molar-refractivity contribution is 6.16. The van der Waals surface area contributed by atoms with E-state index in [9.17, 15) is 0 Å². The number of benzene rings is 3. The Labute approximate surface area is 170 Å². The van der Waals surface area contributed by atoms with E-state index < -0.39 is 0 Å². The highest BCUT2D eigenvalue weighted by Gasteiger charge is 2.27. The van der Waals surface area contributed by atoms with E-state index in [-0.39, 0.29) is 6.29 Å². The summed E-state index contributed by atoms with van der Waals surface area (Å²) in [5.74, 6) is 0. The first kappa shape index (κ1) is 16.4. The van der Waals surface area contributed by atoms with Crippen molar-refractivity contribution in [1.29, 1.82) is 0 Å². The van der Waals surface area contributed by atoms with Crippen molar-refractivity contribution in [1.82, 2.24) is 4.57 Å². The van der Waals surface area contributed by atoms with Crippen molar-refractivity contribution in [2.24, 2.45) is 4.99 Å². The summed E-state index contributed by atoms with van der Waals surface area (Å²) in [5.41, 5.74) is 8.41. The number of nitrogens with one attached hydrogen (secondary N) is 1. The van der Waals surface area contributed by atoms with Gasteiger partial charge in [-0.2, -0.15) is 0 Å². The largest absolute Gasteiger partial charge is 0.346 e. The minimum Gasteiger partial charge on any atom is -0.346 e. The minimum atomic E-state index is -0.166. The van der Waals surface area contributed by atoms with Crippen LogP contribution in [0.4, 0.5) is 5.69 Å². The molecule has 4 aromatic rings. The highest BCUT2D eigenvalue weighted by atomic mass is 15.3. The van der Waals surface area contributed by atoms with Crippen LogP contribution in [-0.4, -0.2) is 10.3 Å². The standard InChI is InChI=1S/C26H21N3/c1-2-10-18(11-3-1)25-21-14-4-7-15-22(21)27-26(28-25)29-23-16-8-5-12-19(23)20-13-6-9-17-24(20)29/h1-8,10-16,26-27H,9,17H2. The first-order valence-electron chi connectivity index (χ1n) is 10.2. The van der Waals surface area contributed by atoms with Gasteiger partial charge in [0.05, 0.1) is 11.2 Å². The molecule has 0 radical (unpaired) electrons. The van der Waals surface area contributed by atoms with Crippen LogP contribution in [0.5, 0.6) is 0 Å². The molecule has 3 nitrogen and oxygen atoms in total. The number of anilines is 1. The number of para-hydroxylation sites is 2. The Bertz CT molecular complexity index is 1280. The molecule has 2 heterocycles. The molecule has 3 heteroatoms. The summed E-state index contributed by atoms with van der Waals surface area (Å²) in [5, 5.41) is 4.99. The molecule has 0 bridgehead atoms. The lowest BCUT2D eigenvalue weighted by Gasteiger charge is -2.29. The van der Waals surface area contributed by atoms with Gasteiger partial charge in [0, 0.05) is 33.5 Å². The van der Waals surface area contributed by atoms with Crippen LogP contribution >= 0.6 is 0 Å². The van der Waals surface area contributed by atoms with Crippen LogP contribution < -0.4 is 5.32 Å². The first-order valence-corrected chi connectivity index (χ1v) is 10.2. The average molecular weight is 375 g/mol. The molecule has 1 aliphatic carbocycles. The summed E-state index contributed by atoms with van der Waals surface area (Å²) in [7, 11) is 0. The van der Waals surface area contributed by atoms with Crippen molar-refractivity contribution in [3.05, 3.63) is 107 Å². The monoisotopic (exact) mass is 375 g/mol. The number of fused-ring (bicyclic) bond motifs is 4. The molecule has 0 saturated carbocycles. The van der Waals surface area contributed by atoms with Crippen molar-refractivity contribution in [3.63, 3.8) is 0 Å². The summed E-state index contributed by atoms with van der Waals surface area (Å²) in [6.45, 7) is 0. The molecule has 3 aromatic carbocycles. The fourth-order valence-electron chi connectivity index (χ4n) is 4.61. The summed E-state index contributed by atoms with van der Waals surface area (Å²) < 4.78 is 2.40. The van der Waals surface area contributed by atoms with Crippen molar-refractivity contribution < 1.29 is 0 Å². The molecule has 1 aliphatic heterocycles. The molecule has 1 aromatic heterocycles. The number of allylic oxidation sites excluding steroid dienone is 1. The number of hydrogen-bond acceptors (Lipinski definition) is 2. The quantitative estimate of drug-likeness (QED) is 0.456. The maximum absolute atomic E-state index is 5.24. The molecular formula is C26H21N3. The van der Waals surface area contributed by atoms with E-state index in [2.05, 4.69) is 101 Å². The second-order valence-electron chi connectivity index (χ2n) is 7.60. The molecule has 1 atom stereocenters. The number of rotatable bonds is 2. The average Bonchev–Trinajstić information content (AvgIpc) is 3.13. The van der Waals surface area contributed by atoms with E-state index >= 15 is 0 Å². The third-order valence-corrected chi connectivity index (χ3v) is 5.90. The molecular weight excluding hydrogens is 354 g/mol. The van der Waals surface area contributed by atoms with E-state index in [0.717, 1.165) is 35.4 Å². The number of nitrogens with zero attached hydrogens (tertiary/aromatic N) is 2. The summed E-state index contributed by atoms with van der Waals surface area (Å²) in [4.78, 5) is 5.24. The van der Waals surface area contributed by atoms with E-state index in [1.807, 2.05) is 0 Å². The maximum atomic E-state index is 5.24. The summed E-state index contributed by atoms with van der Waals surface area (Å²) in [6, 6.07) is 27.6. The van der Waals surface area contributed by atoms with Crippen LogP contribution in [0.3, 0.4) is 0 Å². The van der Waals surface area contributed by atoms with Crippen LogP contribution in [0.25, 0.3) is 17.0 Å². The Morgan fingerprint density at radius 2 is 1.66 bits per heavy atom. The SMILES string of the molecule is C1=Cc2c(n(C3N=C(c4ccccc4)c4ccccc4N3)c3ccccc23)CC1. The third kappa shape index (κ3) is 2.54. The Hall–Kier alpha value is -3.59. The zero-order valence-corrected chi connectivity index (χ0v) is 16.0. The van der Waals surface area contributed by atoms with Crippen LogP contribution in [0.2, 0.25) is 0 Å². The Balaban J connectivity index is 1.60. The highest BCUT2D eigenvalue weighted by Crippen LogP contribution is 2.37. The lowest BCUT2D eigenvalue weighted by atomic mass is 9.99. The molecule has 140 valence electrons. The zero-order valence-electron chi connectivity index (χ0n) is 16.0. The molecule has 2 aliphatic rings. The van der Waals surface area contributed by atoms with E-state index in [4.69, 9.17) is 4.99 Å². The number of aliphatic imine (C=N–C) groups is 1. The Morgan fingerprint density at radius 3 is 2.59 bits per heavy atom. The van der Waals surface area contributed by atoms with Gasteiger partial charge in [0.1, 0.15) is 0 Å². The van der Waals surface area contributed by atoms with Gasteiger partial charge in [-0.15, -0.1) is 0 Å². The molecule has 0 saturated heterocycles. The van der Waals surface area contributed by atoms with Gasteiger partial charge in [0.25, 0.3) is 0 Å². The fourth-order valence-corrected chi connectivity index (χ4v) is 4.61. The van der Waals surface area contributed by atoms with Gasteiger partial charge in [-0.05, 0) is 25.0 Å². The summed E-state index contributed by atoms with van der Waals surface area (Å²) in [6.07, 6.45) is 6.50. The Kier molecular flexibility index (Phi) is 3.66. The maximum Gasteiger partial charge on any atom is 0.201 e. The van der Waals surface area contributed by atoms with E-state index in [1.165, 1.54) is 22.2 Å². The van der Waals surface area contributed by atoms with Crippen LogP contribution in [-0.2, 0) is 6.42 Å². The van der Waals surface area contributed by atoms with Gasteiger partial charge >= 0.3 is 0 Å². The predicted octanol–water partition coefficient (Wildman–Crippen LogP) is 6.02. The van der Waals surface area contributed by atoms with Crippen molar-refractivity contribution in [3.8, 4) is 0 Å². The molecule has 1 N–H and O–H groups in total. The first-order chi connectivity index (χ1) is 14.4. The molecule has 0 fully saturated rings. The Morgan fingerprint density at radius 1 is 0.862 bits per heavy atom.